The number of rotatable bonds is 5. The molecule has 2 rings (SSSR count). The zero-order valence-electron chi connectivity index (χ0n) is 13.8. The van der Waals surface area contributed by atoms with Crippen LogP contribution in [-0.4, -0.2) is 30.0 Å². The van der Waals surface area contributed by atoms with Gasteiger partial charge in [0.25, 0.3) is 5.91 Å². The summed E-state index contributed by atoms with van der Waals surface area (Å²) in [6, 6.07) is 12.3. The SMILES string of the molecule is Cc1cc(C)c(C(=O)OCC(=O)N(CC#N)c2ccccc2)c(Cl)n1. The molecule has 0 unspecified atom stereocenters. The lowest BCUT2D eigenvalue weighted by atomic mass is 10.1. The van der Waals surface area contributed by atoms with Gasteiger partial charge in [-0.2, -0.15) is 5.26 Å². The van der Waals surface area contributed by atoms with Crippen molar-refractivity contribution in [3.63, 3.8) is 0 Å². The molecule has 1 amide bonds. The van der Waals surface area contributed by atoms with E-state index in [1.54, 1.807) is 50.2 Å². The van der Waals surface area contributed by atoms with Gasteiger partial charge in [-0.25, -0.2) is 9.78 Å². The molecule has 0 aliphatic carbocycles. The van der Waals surface area contributed by atoms with Crippen LogP contribution in [0.4, 0.5) is 5.69 Å². The van der Waals surface area contributed by atoms with Crippen LogP contribution in [-0.2, 0) is 9.53 Å². The number of carbonyl (C=O) groups is 2. The lowest BCUT2D eigenvalue weighted by Crippen LogP contribution is -2.35. The first-order chi connectivity index (χ1) is 11.9. The highest BCUT2D eigenvalue weighted by molar-refractivity contribution is 6.32. The predicted molar refractivity (Wildman–Crippen MR) is 93.4 cm³/mol. The molecular weight excluding hydrogens is 342 g/mol. The first kappa shape index (κ1) is 18.4. The van der Waals surface area contributed by atoms with E-state index in [0.29, 0.717) is 16.9 Å². The number of anilines is 1. The van der Waals surface area contributed by atoms with E-state index in [9.17, 15) is 9.59 Å². The number of halogens is 1. The fourth-order valence-electron chi connectivity index (χ4n) is 2.32. The molecule has 0 fully saturated rings. The average Bonchev–Trinajstić information content (AvgIpc) is 2.57. The molecule has 0 aliphatic heterocycles. The van der Waals surface area contributed by atoms with Gasteiger partial charge in [0.1, 0.15) is 11.7 Å². The highest BCUT2D eigenvalue weighted by Gasteiger charge is 2.21. The summed E-state index contributed by atoms with van der Waals surface area (Å²) in [5.41, 5.74) is 1.98. The fraction of sp³-hybridized carbons (Fsp3) is 0.222. The highest BCUT2D eigenvalue weighted by atomic mass is 35.5. The molecule has 0 saturated heterocycles. The number of hydrogen-bond donors (Lipinski definition) is 0. The maximum absolute atomic E-state index is 12.3. The number of esters is 1. The summed E-state index contributed by atoms with van der Waals surface area (Å²) >= 11 is 6.00. The molecule has 1 aromatic heterocycles. The molecule has 0 saturated carbocycles. The standard InChI is InChI=1S/C18H16ClN3O3/c1-12-10-13(2)21-17(19)16(12)18(24)25-11-15(23)22(9-8-20)14-6-4-3-5-7-14/h3-7,10H,9,11H2,1-2H3. The van der Waals surface area contributed by atoms with Crippen molar-refractivity contribution in [2.45, 2.75) is 13.8 Å². The van der Waals surface area contributed by atoms with Crippen LogP contribution in [0.15, 0.2) is 36.4 Å². The Balaban J connectivity index is 2.11. The second-order valence-electron chi connectivity index (χ2n) is 5.30. The van der Waals surface area contributed by atoms with E-state index in [1.165, 1.54) is 4.90 Å². The number of carbonyl (C=O) groups excluding carboxylic acids is 2. The summed E-state index contributed by atoms with van der Waals surface area (Å²) in [5.74, 6) is -1.23. The molecule has 0 bridgehead atoms. The van der Waals surface area contributed by atoms with Gasteiger partial charge in [0.05, 0.1) is 11.6 Å². The van der Waals surface area contributed by atoms with E-state index < -0.39 is 18.5 Å². The van der Waals surface area contributed by atoms with E-state index >= 15 is 0 Å². The number of aryl methyl sites for hydroxylation is 2. The Morgan fingerprint density at radius 3 is 2.56 bits per heavy atom. The van der Waals surface area contributed by atoms with Gasteiger partial charge in [0.2, 0.25) is 0 Å². The molecule has 6 nitrogen and oxygen atoms in total. The summed E-state index contributed by atoms with van der Waals surface area (Å²) in [6.07, 6.45) is 0. The number of pyridine rings is 1. The van der Waals surface area contributed by atoms with Crippen LogP contribution in [0.2, 0.25) is 5.15 Å². The minimum Gasteiger partial charge on any atom is -0.452 e. The molecule has 0 atom stereocenters. The average molecular weight is 358 g/mol. The molecule has 2 aromatic rings. The maximum Gasteiger partial charge on any atom is 0.342 e. The zero-order chi connectivity index (χ0) is 18.4. The number of para-hydroxylation sites is 1. The van der Waals surface area contributed by atoms with Crippen LogP contribution in [0.25, 0.3) is 0 Å². The topological polar surface area (TPSA) is 83.3 Å². The molecule has 7 heteroatoms. The first-order valence-electron chi connectivity index (χ1n) is 7.47. The third kappa shape index (κ3) is 4.55. The third-order valence-electron chi connectivity index (χ3n) is 3.43. The molecule has 0 aliphatic rings. The molecule has 25 heavy (non-hydrogen) atoms. The molecule has 0 N–H and O–H groups in total. The quantitative estimate of drug-likeness (QED) is 0.466. The highest BCUT2D eigenvalue weighted by Crippen LogP contribution is 2.20. The summed E-state index contributed by atoms with van der Waals surface area (Å²) in [6.45, 7) is 2.83. The Morgan fingerprint density at radius 1 is 1.28 bits per heavy atom. The van der Waals surface area contributed by atoms with Crippen molar-refractivity contribution in [2.75, 3.05) is 18.1 Å². The van der Waals surface area contributed by atoms with Crippen LogP contribution >= 0.6 is 11.6 Å². The number of benzene rings is 1. The van der Waals surface area contributed by atoms with Gasteiger partial charge in [-0.3, -0.25) is 9.69 Å². The van der Waals surface area contributed by atoms with Gasteiger partial charge in [-0.1, -0.05) is 29.8 Å². The largest absolute Gasteiger partial charge is 0.452 e. The molecule has 1 heterocycles. The molecule has 0 radical (unpaired) electrons. The lowest BCUT2D eigenvalue weighted by molar-refractivity contribution is -0.121. The number of hydrogen-bond acceptors (Lipinski definition) is 5. The van der Waals surface area contributed by atoms with Gasteiger partial charge in [-0.05, 0) is 37.6 Å². The molecular formula is C18H16ClN3O3. The minimum atomic E-state index is -0.728. The van der Waals surface area contributed by atoms with Crippen LogP contribution in [0.1, 0.15) is 21.6 Å². The molecule has 1 aromatic carbocycles. The van der Waals surface area contributed by atoms with E-state index in [1.807, 2.05) is 6.07 Å². The molecule has 128 valence electrons. The van der Waals surface area contributed by atoms with Gasteiger partial charge < -0.3 is 4.74 Å². The molecule has 0 spiro atoms. The van der Waals surface area contributed by atoms with Gasteiger partial charge in [0, 0.05) is 11.4 Å². The zero-order valence-corrected chi connectivity index (χ0v) is 14.6. The van der Waals surface area contributed by atoms with Crippen LogP contribution in [0.3, 0.4) is 0 Å². The first-order valence-corrected chi connectivity index (χ1v) is 7.85. The summed E-state index contributed by atoms with van der Waals surface area (Å²) in [5, 5.41) is 8.96. The van der Waals surface area contributed by atoms with Crippen molar-refractivity contribution < 1.29 is 14.3 Å². The number of aromatic nitrogens is 1. The predicted octanol–water partition coefficient (Wildman–Crippen LogP) is 3.07. The Morgan fingerprint density at radius 2 is 1.96 bits per heavy atom. The second-order valence-corrected chi connectivity index (χ2v) is 5.65. The van der Waals surface area contributed by atoms with Crippen LogP contribution < -0.4 is 4.90 Å². The minimum absolute atomic E-state index is 0.0342. The Bertz CT molecular complexity index is 808. The summed E-state index contributed by atoms with van der Waals surface area (Å²) in [7, 11) is 0. The van der Waals surface area contributed by atoms with Crippen molar-refractivity contribution >= 4 is 29.2 Å². The number of nitrogens with zero attached hydrogens (tertiary/aromatic N) is 3. The summed E-state index contributed by atoms with van der Waals surface area (Å²) < 4.78 is 5.08. The number of ether oxygens (including phenoxy) is 1. The second kappa shape index (κ2) is 8.27. The maximum atomic E-state index is 12.3. The summed E-state index contributed by atoms with van der Waals surface area (Å²) in [4.78, 5) is 29.8. The van der Waals surface area contributed by atoms with Gasteiger partial charge in [0.15, 0.2) is 6.61 Å². The third-order valence-corrected chi connectivity index (χ3v) is 3.70. The van der Waals surface area contributed by atoms with Gasteiger partial charge >= 0.3 is 5.97 Å². The monoisotopic (exact) mass is 357 g/mol. The van der Waals surface area contributed by atoms with E-state index in [-0.39, 0.29) is 17.3 Å². The van der Waals surface area contributed by atoms with Gasteiger partial charge in [-0.15, -0.1) is 0 Å². The van der Waals surface area contributed by atoms with E-state index in [0.717, 1.165) is 0 Å². The van der Waals surface area contributed by atoms with Crippen molar-refractivity contribution in [3.8, 4) is 6.07 Å². The van der Waals surface area contributed by atoms with Crippen molar-refractivity contribution in [1.29, 1.82) is 5.26 Å². The van der Waals surface area contributed by atoms with Crippen LogP contribution in [0, 0.1) is 25.2 Å². The smallest absolute Gasteiger partial charge is 0.342 e. The van der Waals surface area contributed by atoms with E-state index in [2.05, 4.69) is 4.98 Å². The Kier molecular flexibility index (Phi) is 6.09. The number of nitriles is 1. The Labute approximate surface area is 150 Å². The fourth-order valence-corrected chi connectivity index (χ4v) is 2.68. The normalized spacial score (nSPS) is 10.0. The van der Waals surface area contributed by atoms with Crippen molar-refractivity contribution in [1.82, 2.24) is 4.98 Å². The van der Waals surface area contributed by atoms with Crippen molar-refractivity contribution in [2.24, 2.45) is 0 Å². The van der Waals surface area contributed by atoms with E-state index in [4.69, 9.17) is 21.6 Å². The number of amides is 1. The lowest BCUT2D eigenvalue weighted by Gasteiger charge is -2.19. The Hall–Kier alpha value is -2.91. The van der Waals surface area contributed by atoms with Crippen LogP contribution in [0.5, 0.6) is 0 Å². The van der Waals surface area contributed by atoms with Crippen molar-refractivity contribution in [3.05, 3.63) is 58.4 Å².